The number of carbonyl (C=O) groups is 3. The summed E-state index contributed by atoms with van der Waals surface area (Å²) >= 11 is 6.68. The Labute approximate surface area is 168 Å². The molecule has 9 heteroatoms. The molecule has 2 aromatic rings. The second-order valence-electron chi connectivity index (χ2n) is 5.69. The monoisotopic (exact) mass is 421 g/mol. The summed E-state index contributed by atoms with van der Waals surface area (Å²) in [6, 6.07) is 10.6. The number of ether oxygens (including phenoxy) is 1. The van der Waals surface area contributed by atoms with Crippen LogP contribution in [0.5, 0.6) is 5.75 Å². The van der Waals surface area contributed by atoms with Gasteiger partial charge in [0, 0.05) is 16.1 Å². The van der Waals surface area contributed by atoms with Crippen molar-refractivity contribution in [2.75, 3.05) is 6.61 Å². The summed E-state index contributed by atoms with van der Waals surface area (Å²) in [5.74, 6) is -2.09. The van der Waals surface area contributed by atoms with Crippen LogP contribution in [0.2, 0.25) is 5.02 Å². The van der Waals surface area contributed by atoms with Crippen LogP contribution in [0.1, 0.15) is 11.1 Å². The number of hydrogen-bond donors (Lipinski definition) is 1. The first-order chi connectivity index (χ1) is 13.4. The highest BCUT2D eigenvalue weighted by molar-refractivity contribution is 8.18. The first-order valence-electron chi connectivity index (χ1n) is 7.98. The van der Waals surface area contributed by atoms with Crippen LogP contribution < -0.4 is 4.74 Å². The standard InChI is InChI=1S/C19H13ClFNO5S/c20-13-5-3-6-14(21)12(13)9-22-18(25)16(28-19(22)26)8-11-4-1-2-7-15(11)27-10-17(23)24/h1-8H,9-10H2,(H,23,24)/b16-8-. The first-order valence-corrected chi connectivity index (χ1v) is 9.18. The molecule has 6 nitrogen and oxygen atoms in total. The van der Waals surface area contributed by atoms with E-state index in [9.17, 15) is 18.8 Å². The molecular formula is C19H13ClFNO5S. The van der Waals surface area contributed by atoms with Crippen LogP contribution in [0.25, 0.3) is 6.08 Å². The Bertz CT molecular complexity index is 974. The van der Waals surface area contributed by atoms with E-state index in [0.717, 1.165) is 4.90 Å². The van der Waals surface area contributed by atoms with Crippen molar-refractivity contribution >= 4 is 46.6 Å². The summed E-state index contributed by atoms with van der Waals surface area (Å²) in [7, 11) is 0. The molecule has 1 N–H and O–H groups in total. The van der Waals surface area contributed by atoms with Crippen molar-refractivity contribution in [2.45, 2.75) is 6.54 Å². The maximum absolute atomic E-state index is 14.0. The van der Waals surface area contributed by atoms with Gasteiger partial charge in [-0.25, -0.2) is 9.18 Å². The molecule has 0 radical (unpaired) electrons. The second kappa shape index (κ2) is 8.45. The average molecular weight is 422 g/mol. The van der Waals surface area contributed by atoms with E-state index in [2.05, 4.69) is 0 Å². The molecule has 0 saturated carbocycles. The van der Waals surface area contributed by atoms with Crippen LogP contribution in [0, 0.1) is 5.82 Å². The van der Waals surface area contributed by atoms with Gasteiger partial charge in [0.25, 0.3) is 11.1 Å². The first kappa shape index (κ1) is 19.9. The third-order valence-corrected chi connectivity index (χ3v) is 5.07. The van der Waals surface area contributed by atoms with E-state index >= 15 is 0 Å². The summed E-state index contributed by atoms with van der Waals surface area (Å²) < 4.78 is 19.2. The Morgan fingerprint density at radius 1 is 1.21 bits per heavy atom. The van der Waals surface area contributed by atoms with E-state index in [-0.39, 0.29) is 27.8 Å². The maximum Gasteiger partial charge on any atom is 0.341 e. The third kappa shape index (κ3) is 4.35. The third-order valence-electron chi connectivity index (χ3n) is 3.81. The Morgan fingerprint density at radius 3 is 2.68 bits per heavy atom. The van der Waals surface area contributed by atoms with Gasteiger partial charge in [0.2, 0.25) is 0 Å². The summed E-state index contributed by atoms with van der Waals surface area (Å²) in [5.41, 5.74) is 0.496. The van der Waals surface area contributed by atoms with Gasteiger partial charge in [-0.2, -0.15) is 0 Å². The molecule has 0 unspecified atom stereocenters. The zero-order valence-corrected chi connectivity index (χ0v) is 15.8. The van der Waals surface area contributed by atoms with E-state index in [1.165, 1.54) is 24.3 Å². The fourth-order valence-corrected chi connectivity index (χ4v) is 3.54. The lowest BCUT2D eigenvalue weighted by molar-refractivity contribution is -0.139. The molecule has 1 saturated heterocycles. The zero-order chi connectivity index (χ0) is 20.3. The molecule has 1 heterocycles. The van der Waals surface area contributed by atoms with Gasteiger partial charge in [-0.1, -0.05) is 35.9 Å². The Hall–Kier alpha value is -2.84. The van der Waals surface area contributed by atoms with Gasteiger partial charge in [-0.3, -0.25) is 14.5 Å². The molecule has 0 aromatic heterocycles. The molecule has 28 heavy (non-hydrogen) atoms. The summed E-state index contributed by atoms with van der Waals surface area (Å²) in [6.07, 6.45) is 1.44. The molecular weight excluding hydrogens is 409 g/mol. The number of imide groups is 1. The van der Waals surface area contributed by atoms with Crippen LogP contribution in [0.4, 0.5) is 9.18 Å². The molecule has 0 atom stereocenters. The number of carbonyl (C=O) groups excluding carboxylic acids is 2. The highest BCUT2D eigenvalue weighted by atomic mass is 35.5. The van der Waals surface area contributed by atoms with Gasteiger partial charge in [-0.15, -0.1) is 0 Å². The van der Waals surface area contributed by atoms with Gasteiger partial charge >= 0.3 is 5.97 Å². The van der Waals surface area contributed by atoms with E-state index in [4.69, 9.17) is 21.4 Å². The number of aliphatic carboxylic acids is 1. The minimum Gasteiger partial charge on any atom is -0.481 e. The fraction of sp³-hybridized carbons (Fsp3) is 0.105. The molecule has 1 aliphatic heterocycles. The molecule has 2 amide bonds. The van der Waals surface area contributed by atoms with Crippen LogP contribution in [0.15, 0.2) is 47.4 Å². The van der Waals surface area contributed by atoms with Crippen molar-refractivity contribution < 1.29 is 28.6 Å². The number of benzene rings is 2. The number of halogens is 2. The summed E-state index contributed by atoms with van der Waals surface area (Å²) in [4.78, 5) is 36.6. The second-order valence-corrected chi connectivity index (χ2v) is 7.09. The molecule has 3 rings (SSSR count). The molecule has 0 aliphatic carbocycles. The van der Waals surface area contributed by atoms with Gasteiger partial charge in [0.1, 0.15) is 11.6 Å². The normalized spacial score (nSPS) is 15.4. The molecule has 2 aromatic carbocycles. The average Bonchev–Trinajstić information content (AvgIpc) is 2.91. The van der Waals surface area contributed by atoms with E-state index in [1.807, 2.05) is 0 Å². The van der Waals surface area contributed by atoms with Gasteiger partial charge in [-0.05, 0) is 36.0 Å². The number of carboxylic acids is 1. The molecule has 144 valence electrons. The van der Waals surface area contributed by atoms with Crippen molar-refractivity contribution in [3.63, 3.8) is 0 Å². The predicted octanol–water partition coefficient (Wildman–Crippen LogP) is 4.18. The van der Waals surface area contributed by atoms with Crippen molar-refractivity contribution in [1.29, 1.82) is 0 Å². The summed E-state index contributed by atoms with van der Waals surface area (Å²) in [5, 5.41) is 8.32. The number of thioether (sulfide) groups is 1. The number of carboxylic acid groups (broad SMARTS) is 1. The maximum atomic E-state index is 14.0. The van der Waals surface area contributed by atoms with Crippen molar-refractivity contribution in [1.82, 2.24) is 4.90 Å². The smallest absolute Gasteiger partial charge is 0.341 e. The molecule has 0 spiro atoms. The van der Waals surface area contributed by atoms with E-state index in [0.29, 0.717) is 17.3 Å². The topological polar surface area (TPSA) is 83.9 Å². The largest absolute Gasteiger partial charge is 0.481 e. The highest BCUT2D eigenvalue weighted by Gasteiger charge is 2.36. The number of para-hydroxylation sites is 1. The fourth-order valence-electron chi connectivity index (χ4n) is 2.49. The van der Waals surface area contributed by atoms with Gasteiger partial charge in [0.05, 0.1) is 11.4 Å². The van der Waals surface area contributed by atoms with Crippen molar-refractivity contribution in [2.24, 2.45) is 0 Å². The van der Waals surface area contributed by atoms with Crippen LogP contribution >= 0.6 is 23.4 Å². The quantitative estimate of drug-likeness (QED) is 0.704. The lowest BCUT2D eigenvalue weighted by Gasteiger charge is -2.14. The number of nitrogens with zero attached hydrogens (tertiary/aromatic N) is 1. The minimum absolute atomic E-state index is 0.0536. The van der Waals surface area contributed by atoms with Gasteiger partial charge in [0.15, 0.2) is 6.61 Å². The van der Waals surface area contributed by atoms with Gasteiger partial charge < -0.3 is 9.84 Å². The summed E-state index contributed by atoms with van der Waals surface area (Å²) in [6.45, 7) is -0.831. The predicted molar refractivity (Wildman–Crippen MR) is 102 cm³/mol. The molecule has 0 bridgehead atoms. The van der Waals surface area contributed by atoms with E-state index < -0.39 is 29.5 Å². The lowest BCUT2D eigenvalue weighted by Crippen LogP contribution is -2.28. The molecule has 1 aliphatic rings. The molecule has 1 fully saturated rings. The lowest BCUT2D eigenvalue weighted by atomic mass is 10.1. The van der Waals surface area contributed by atoms with E-state index in [1.54, 1.807) is 24.3 Å². The number of hydrogen-bond acceptors (Lipinski definition) is 5. The zero-order valence-electron chi connectivity index (χ0n) is 14.2. The number of amides is 2. The highest BCUT2D eigenvalue weighted by Crippen LogP contribution is 2.35. The van der Waals surface area contributed by atoms with Crippen LogP contribution in [-0.4, -0.2) is 33.7 Å². The Balaban J connectivity index is 1.85. The van der Waals surface area contributed by atoms with Crippen molar-refractivity contribution in [3.05, 3.63) is 69.3 Å². The van der Waals surface area contributed by atoms with Crippen LogP contribution in [0.3, 0.4) is 0 Å². The van der Waals surface area contributed by atoms with Crippen molar-refractivity contribution in [3.8, 4) is 5.75 Å². The van der Waals surface area contributed by atoms with Crippen LogP contribution in [-0.2, 0) is 16.1 Å². The number of rotatable bonds is 6. The minimum atomic E-state index is -1.14. The Morgan fingerprint density at radius 2 is 1.96 bits per heavy atom. The Kier molecular flexibility index (Phi) is 6.01. The SMILES string of the molecule is O=C(O)COc1ccccc1/C=C1\SC(=O)N(Cc2c(F)cccc2Cl)C1=O.